The highest BCUT2D eigenvalue weighted by Gasteiger charge is 2.29. The van der Waals surface area contributed by atoms with Crippen LogP contribution in [0.3, 0.4) is 0 Å². The zero-order valence-electron chi connectivity index (χ0n) is 12.2. The van der Waals surface area contributed by atoms with Gasteiger partial charge in [-0.15, -0.1) is 0 Å². The van der Waals surface area contributed by atoms with Crippen LogP contribution < -0.4 is 0 Å². The maximum atomic E-state index is 12.4. The summed E-state index contributed by atoms with van der Waals surface area (Å²) in [6.07, 6.45) is 6.90. The van der Waals surface area contributed by atoms with Gasteiger partial charge < -0.3 is 10.0 Å². The quantitative estimate of drug-likeness (QED) is 0.840. The first-order chi connectivity index (χ1) is 9.26. The molecule has 1 amide bonds. The Bertz CT molecular complexity index is 278. The molecule has 110 valence electrons. The Labute approximate surface area is 116 Å². The number of carbonyl (C=O) groups is 1. The minimum Gasteiger partial charge on any atom is -0.395 e. The lowest BCUT2D eigenvalue weighted by molar-refractivity contribution is -0.138. The SMILES string of the molecule is CCC(CO)N1CCN(C(=O)C2CCCCC2)CC1. The van der Waals surface area contributed by atoms with E-state index < -0.39 is 0 Å². The number of aliphatic hydroxyl groups excluding tert-OH is 1. The minimum atomic E-state index is 0.229. The van der Waals surface area contributed by atoms with Crippen LogP contribution in [0.25, 0.3) is 0 Å². The Morgan fingerprint density at radius 3 is 2.32 bits per heavy atom. The van der Waals surface area contributed by atoms with E-state index in [0.717, 1.165) is 45.4 Å². The van der Waals surface area contributed by atoms with Crippen LogP contribution in [0, 0.1) is 5.92 Å². The molecule has 1 aliphatic carbocycles. The van der Waals surface area contributed by atoms with Crippen LogP contribution in [-0.4, -0.2) is 59.6 Å². The smallest absolute Gasteiger partial charge is 0.225 e. The molecule has 0 spiro atoms. The molecule has 1 unspecified atom stereocenters. The van der Waals surface area contributed by atoms with Crippen molar-refractivity contribution in [1.29, 1.82) is 0 Å². The fraction of sp³-hybridized carbons (Fsp3) is 0.933. The summed E-state index contributed by atoms with van der Waals surface area (Å²) >= 11 is 0. The van der Waals surface area contributed by atoms with E-state index in [9.17, 15) is 9.90 Å². The third kappa shape index (κ3) is 3.69. The molecule has 1 saturated carbocycles. The van der Waals surface area contributed by atoms with Crippen molar-refractivity contribution >= 4 is 5.91 Å². The molecule has 4 heteroatoms. The predicted octanol–water partition coefficient (Wildman–Crippen LogP) is 1.48. The standard InChI is InChI=1S/C15H28N2O2/c1-2-14(12-18)16-8-10-17(11-9-16)15(19)13-6-4-3-5-7-13/h13-14,18H,2-12H2,1H3. The Morgan fingerprint density at radius 2 is 1.79 bits per heavy atom. The van der Waals surface area contributed by atoms with Gasteiger partial charge in [0.05, 0.1) is 6.61 Å². The number of amides is 1. The van der Waals surface area contributed by atoms with E-state index in [0.29, 0.717) is 11.8 Å². The van der Waals surface area contributed by atoms with Gasteiger partial charge in [-0.3, -0.25) is 9.69 Å². The number of piperazine rings is 1. The normalized spacial score (nSPS) is 24.4. The van der Waals surface area contributed by atoms with Crippen LogP contribution in [0.2, 0.25) is 0 Å². The van der Waals surface area contributed by atoms with Crippen molar-refractivity contribution < 1.29 is 9.90 Å². The lowest BCUT2D eigenvalue weighted by Gasteiger charge is -2.40. The van der Waals surface area contributed by atoms with Gasteiger partial charge in [0.25, 0.3) is 0 Å². The summed E-state index contributed by atoms with van der Waals surface area (Å²) in [5, 5.41) is 9.34. The van der Waals surface area contributed by atoms with Crippen LogP contribution in [0.4, 0.5) is 0 Å². The molecule has 2 rings (SSSR count). The molecule has 1 atom stereocenters. The Kier molecular flexibility index (Phi) is 5.64. The van der Waals surface area contributed by atoms with Gasteiger partial charge in [-0.1, -0.05) is 26.2 Å². The molecular weight excluding hydrogens is 240 g/mol. The van der Waals surface area contributed by atoms with Gasteiger partial charge >= 0.3 is 0 Å². The third-order valence-corrected chi connectivity index (χ3v) is 4.78. The average molecular weight is 268 g/mol. The summed E-state index contributed by atoms with van der Waals surface area (Å²) in [6.45, 7) is 5.85. The van der Waals surface area contributed by atoms with Crippen LogP contribution in [0.15, 0.2) is 0 Å². The second-order valence-electron chi connectivity index (χ2n) is 5.94. The molecule has 0 bridgehead atoms. The predicted molar refractivity (Wildman–Crippen MR) is 75.9 cm³/mol. The average Bonchev–Trinajstić information content (AvgIpc) is 2.49. The van der Waals surface area contributed by atoms with Crippen molar-refractivity contribution in [1.82, 2.24) is 9.80 Å². The molecule has 4 nitrogen and oxygen atoms in total. The van der Waals surface area contributed by atoms with Gasteiger partial charge in [0.2, 0.25) is 5.91 Å². The molecule has 2 fully saturated rings. The van der Waals surface area contributed by atoms with Crippen LogP contribution >= 0.6 is 0 Å². The second kappa shape index (κ2) is 7.25. The number of aliphatic hydroxyl groups is 1. The van der Waals surface area contributed by atoms with E-state index in [2.05, 4.69) is 16.7 Å². The Hall–Kier alpha value is -0.610. The molecule has 1 N–H and O–H groups in total. The number of rotatable bonds is 4. The maximum Gasteiger partial charge on any atom is 0.225 e. The molecule has 1 aliphatic heterocycles. The summed E-state index contributed by atoms with van der Waals surface area (Å²) < 4.78 is 0. The zero-order chi connectivity index (χ0) is 13.7. The molecule has 1 saturated heterocycles. The molecule has 0 aromatic heterocycles. The highest BCUT2D eigenvalue weighted by atomic mass is 16.3. The highest BCUT2D eigenvalue weighted by Crippen LogP contribution is 2.26. The zero-order valence-corrected chi connectivity index (χ0v) is 12.2. The van der Waals surface area contributed by atoms with Gasteiger partial charge in [-0.25, -0.2) is 0 Å². The molecule has 1 heterocycles. The van der Waals surface area contributed by atoms with Crippen molar-refractivity contribution in [3.8, 4) is 0 Å². The van der Waals surface area contributed by atoms with E-state index >= 15 is 0 Å². The van der Waals surface area contributed by atoms with Gasteiger partial charge in [-0.2, -0.15) is 0 Å². The van der Waals surface area contributed by atoms with Crippen molar-refractivity contribution in [2.24, 2.45) is 5.92 Å². The van der Waals surface area contributed by atoms with Gasteiger partial charge in [0.1, 0.15) is 0 Å². The fourth-order valence-electron chi connectivity index (χ4n) is 3.42. The topological polar surface area (TPSA) is 43.8 Å². The Balaban J connectivity index is 1.80. The van der Waals surface area contributed by atoms with E-state index in [1.54, 1.807) is 0 Å². The van der Waals surface area contributed by atoms with Crippen molar-refractivity contribution in [2.75, 3.05) is 32.8 Å². The lowest BCUT2D eigenvalue weighted by Crippen LogP contribution is -2.53. The van der Waals surface area contributed by atoms with Crippen molar-refractivity contribution in [2.45, 2.75) is 51.5 Å². The first-order valence-electron chi connectivity index (χ1n) is 7.90. The number of nitrogens with zero attached hydrogens (tertiary/aromatic N) is 2. The van der Waals surface area contributed by atoms with Crippen molar-refractivity contribution in [3.63, 3.8) is 0 Å². The summed E-state index contributed by atoms with van der Waals surface area (Å²) in [5.74, 6) is 0.677. The molecule has 19 heavy (non-hydrogen) atoms. The van der Waals surface area contributed by atoms with Gasteiger partial charge in [0, 0.05) is 38.1 Å². The largest absolute Gasteiger partial charge is 0.395 e. The van der Waals surface area contributed by atoms with Gasteiger partial charge in [0.15, 0.2) is 0 Å². The molecular formula is C15H28N2O2. The summed E-state index contributed by atoms with van der Waals surface area (Å²) in [4.78, 5) is 16.8. The van der Waals surface area contributed by atoms with Gasteiger partial charge in [-0.05, 0) is 19.3 Å². The molecule has 0 radical (unpaired) electrons. The summed E-state index contributed by atoms with van der Waals surface area (Å²) in [6, 6.07) is 0.270. The second-order valence-corrected chi connectivity index (χ2v) is 5.94. The minimum absolute atomic E-state index is 0.229. The Morgan fingerprint density at radius 1 is 1.16 bits per heavy atom. The third-order valence-electron chi connectivity index (χ3n) is 4.78. The first-order valence-corrected chi connectivity index (χ1v) is 7.90. The first kappa shape index (κ1) is 14.8. The monoisotopic (exact) mass is 268 g/mol. The van der Waals surface area contributed by atoms with Crippen LogP contribution in [-0.2, 0) is 4.79 Å². The number of hydrogen-bond acceptors (Lipinski definition) is 3. The fourth-order valence-corrected chi connectivity index (χ4v) is 3.42. The van der Waals surface area contributed by atoms with E-state index in [4.69, 9.17) is 0 Å². The lowest BCUT2D eigenvalue weighted by atomic mass is 9.88. The van der Waals surface area contributed by atoms with Crippen molar-refractivity contribution in [3.05, 3.63) is 0 Å². The molecule has 0 aromatic rings. The van der Waals surface area contributed by atoms with E-state index in [1.807, 2.05) is 0 Å². The van der Waals surface area contributed by atoms with E-state index in [1.165, 1.54) is 19.3 Å². The summed E-state index contributed by atoms with van der Waals surface area (Å²) in [7, 11) is 0. The maximum absolute atomic E-state index is 12.4. The highest BCUT2D eigenvalue weighted by molar-refractivity contribution is 5.79. The van der Waals surface area contributed by atoms with E-state index in [-0.39, 0.29) is 12.6 Å². The van der Waals surface area contributed by atoms with Crippen LogP contribution in [0.1, 0.15) is 45.4 Å². The number of carbonyl (C=O) groups excluding carboxylic acids is 1. The van der Waals surface area contributed by atoms with Crippen LogP contribution in [0.5, 0.6) is 0 Å². The molecule has 0 aromatic carbocycles. The molecule has 2 aliphatic rings. The number of hydrogen-bond donors (Lipinski definition) is 1. The summed E-state index contributed by atoms with van der Waals surface area (Å²) in [5.41, 5.74) is 0.